The minimum Gasteiger partial charge on any atom is -0.346 e. The molecule has 0 fully saturated rings. The highest BCUT2D eigenvalue weighted by Gasteiger charge is 2.30. The summed E-state index contributed by atoms with van der Waals surface area (Å²) in [5, 5.41) is 6.54. The molecule has 4 aromatic rings. The first-order chi connectivity index (χ1) is 17.1. The lowest BCUT2D eigenvalue weighted by Gasteiger charge is -2.13. The Bertz CT molecular complexity index is 1490. The van der Waals surface area contributed by atoms with Crippen LogP contribution in [0.3, 0.4) is 0 Å². The number of hydrogen-bond acceptors (Lipinski definition) is 4. The third-order valence-corrected chi connectivity index (χ3v) is 5.47. The molecule has 1 N–H and O–H groups in total. The van der Waals surface area contributed by atoms with Gasteiger partial charge in [0, 0.05) is 6.54 Å². The van der Waals surface area contributed by atoms with Gasteiger partial charge in [0.25, 0.3) is 11.5 Å². The smallest absolute Gasteiger partial charge is 0.346 e. The van der Waals surface area contributed by atoms with E-state index in [9.17, 15) is 27.6 Å². The van der Waals surface area contributed by atoms with Crippen molar-refractivity contribution in [3.8, 4) is 5.69 Å². The van der Waals surface area contributed by atoms with Crippen LogP contribution in [-0.2, 0) is 19.3 Å². The number of aromatic nitrogens is 3. The largest absolute Gasteiger partial charge is 0.416 e. The second kappa shape index (κ2) is 10.0. The number of halogens is 3. The van der Waals surface area contributed by atoms with Crippen LogP contribution < -0.4 is 16.6 Å². The number of benzene rings is 3. The molecule has 1 aromatic heterocycles. The number of rotatable bonds is 6. The van der Waals surface area contributed by atoms with Crippen LogP contribution in [0.15, 0.2) is 88.5 Å². The van der Waals surface area contributed by atoms with Crippen LogP contribution in [0.5, 0.6) is 0 Å². The zero-order chi connectivity index (χ0) is 25.9. The number of carbonyl (C=O) groups is 1. The topological polar surface area (TPSA) is 86.0 Å². The van der Waals surface area contributed by atoms with Gasteiger partial charge in [0.15, 0.2) is 0 Å². The van der Waals surface area contributed by atoms with Crippen molar-refractivity contribution in [2.45, 2.75) is 26.2 Å². The highest BCUT2D eigenvalue weighted by Crippen LogP contribution is 2.29. The second-order valence-electron chi connectivity index (χ2n) is 8.13. The van der Waals surface area contributed by atoms with E-state index in [0.717, 1.165) is 44.6 Å². The molecule has 0 aliphatic rings. The Kier molecular flexibility index (Phi) is 6.86. The molecule has 1 amide bonds. The predicted octanol–water partition coefficient (Wildman–Crippen LogP) is 3.70. The van der Waals surface area contributed by atoms with E-state index in [2.05, 4.69) is 10.4 Å². The van der Waals surface area contributed by atoms with Crippen molar-refractivity contribution in [2.75, 3.05) is 0 Å². The van der Waals surface area contributed by atoms with Gasteiger partial charge < -0.3 is 5.32 Å². The van der Waals surface area contributed by atoms with E-state index in [1.165, 1.54) is 0 Å². The molecule has 36 heavy (non-hydrogen) atoms. The summed E-state index contributed by atoms with van der Waals surface area (Å²) in [4.78, 5) is 39.3. The number of aryl methyl sites for hydroxylation is 1. The number of alkyl halides is 3. The van der Waals surface area contributed by atoms with Gasteiger partial charge in [-0.05, 0) is 42.3 Å². The summed E-state index contributed by atoms with van der Waals surface area (Å²) in [6.07, 6.45) is -4.57. The maximum absolute atomic E-state index is 13.2. The Balaban J connectivity index is 1.78. The molecular weight excluding hydrogens is 473 g/mol. The second-order valence-corrected chi connectivity index (χ2v) is 8.13. The van der Waals surface area contributed by atoms with E-state index in [1.807, 2.05) is 25.1 Å². The highest BCUT2D eigenvalue weighted by molar-refractivity contribution is 5.91. The minimum atomic E-state index is -4.57. The van der Waals surface area contributed by atoms with Crippen LogP contribution >= 0.6 is 0 Å². The number of nitrogens with zero attached hydrogens (tertiary/aromatic N) is 3. The summed E-state index contributed by atoms with van der Waals surface area (Å²) in [6, 6.07) is 19.8. The van der Waals surface area contributed by atoms with Crippen LogP contribution in [0.1, 0.15) is 32.7 Å². The Morgan fingerprint density at radius 2 is 1.53 bits per heavy atom. The van der Waals surface area contributed by atoms with Crippen molar-refractivity contribution in [3.63, 3.8) is 0 Å². The summed E-state index contributed by atoms with van der Waals surface area (Å²) in [5.41, 5.74) is -0.908. The van der Waals surface area contributed by atoms with Crippen LogP contribution in [0.4, 0.5) is 13.2 Å². The monoisotopic (exact) mass is 494 g/mol. The predicted molar refractivity (Wildman–Crippen MR) is 127 cm³/mol. The van der Waals surface area contributed by atoms with Crippen molar-refractivity contribution in [1.82, 2.24) is 19.7 Å². The molecule has 0 atom stereocenters. The lowest BCUT2D eigenvalue weighted by Crippen LogP contribution is -2.46. The quantitative estimate of drug-likeness (QED) is 0.443. The first kappa shape index (κ1) is 24.6. The van der Waals surface area contributed by atoms with E-state index in [1.54, 1.807) is 36.4 Å². The molecule has 0 saturated heterocycles. The summed E-state index contributed by atoms with van der Waals surface area (Å²) in [7, 11) is 0. The SMILES string of the molecule is Cc1ccc(Cn2c(=O)c(C(=O)NCc3ccccc3)nn(-c3ccc(C(F)(F)F)cc3)c2=O)cc1. The van der Waals surface area contributed by atoms with E-state index < -0.39 is 34.6 Å². The van der Waals surface area contributed by atoms with Gasteiger partial charge in [-0.1, -0.05) is 60.2 Å². The summed E-state index contributed by atoms with van der Waals surface area (Å²) in [6.45, 7) is 1.84. The van der Waals surface area contributed by atoms with Crippen LogP contribution in [0.2, 0.25) is 0 Å². The zero-order valence-corrected chi connectivity index (χ0v) is 19.1. The van der Waals surface area contributed by atoms with Gasteiger partial charge in [-0.2, -0.15) is 23.0 Å². The Hall–Kier alpha value is -4.47. The van der Waals surface area contributed by atoms with Crippen molar-refractivity contribution in [2.24, 2.45) is 0 Å². The molecule has 0 bridgehead atoms. The highest BCUT2D eigenvalue weighted by atomic mass is 19.4. The van der Waals surface area contributed by atoms with Gasteiger partial charge in [0.1, 0.15) is 0 Å². The third kappa shape index (κ3) is 5.43. The van der Waals surface area contributed by atoms with Gasteiger partial charge in [0.05, 0.1) is 17.8 Å². The summed E-state index contributed by atoms with van der Waals surface area (Å²) in [5.74, 6) is -0.817. The van der Waals surface area contributed by atoms with Gasteiger partial charge in [0.2, 0.25) is 5.69 Å². The van der Waals surface area contributed by atoms with E-state index in [0.29, 0.717) is 5.56 Å². The average molecular weight is 494 g/mol. The molecule has 1 heterocycles. The van der Waals surface area contributed by atoms with Crippen LogP contribution in [-0.4, -0.2) is 20.3 Å². The van der Waals surface area contributed by atoms with Gasteiger partial charge >= 0.3 is 11.9 Å². The number of hydrogen-bond donors (Lipinski definition) is 1. The fourth-order valence-electron chi connectivity index (χ4n) is 3.49. The average Bonchev–Trinajstić information content (AvgIpc) is 2.86. The Morgan fingerprint density at radius 3 is 2.14 bits per heavy atom. The number of nitrogens with one attached hydrogen (secondary N) is 1. The van der Waals surface area contributed by atoms with Gasteiger partial charge in [-0.25, -0.2) is 4.79 Å². The molecule has 10 heteroatoms. The lowest BCUT2D eigenvalue weighted by molar-refractivity contribution is -0.137. The van der Waals surface area contributed by atoms with Crippen molar-refractivity contribution < 1.29 is 18.0 Å². The Morgan fingerprint density at radius 1 is 0.889 bits per heavy atom. The molecule has 7 nitrogen and oxygen atoms in total. The fourth-order valence-corrected chi connectivity index (χ4v) is 3.49. The third-order valence-electron chi connectivity index (χ3n) is 5.47. The molecule has 0 radical (unpaired) electrons. The maximum Gasteiger partial charge on any atom is 0.416 e. The normalized spacial score (nSPS) is 11.3. The fraction of sp³-hybridized carbons (Fsp3) is 0.154. The molecule has 0 aliphatic carbocycles. The maximum atomic E-state index is 13.2. The van der Waals surface area contributed by atoms with E-state index in [4.69, 9.17) is 0 Å². The van der Waals surface area contributed by atoms with Gasteiger partial charge in [-0.15, -0.1) is 0 Å². The first-order valence-corrected chi connectivity index (χ1v) is 10.9. The molecule has 0 saturated carbocycles. The first-order valence-electron chi connectivity index (χ1n) is 10.9. The molecule has 0 unspecified atom stereocenters. The molecule has 3 aromatic carbocycles. The van der Waals surface area contributed by atoms with Crippen molar-refractivity contribution in [3.05, 3.63) is 128 Å². The zero-order valence-electron chi connectivity index (χ0n) is 19.1. The van der Waals surface area contributed by atoms with E-state index >= 15 is 0 Å². The number of carbonyl (C=O) groups excluding carboxylic acids is 1. The minimum absolute atomic E-state index is 0.0252. The van der Waals surface area contributed by atoms with Crippen molar-refractivity contribution in [1.29, 1.82) is 0 Å². The van der Waals surface area contributed by atoms with Crippen molar-refractivity contribution >= 4 is 5.91 Å². The molecule has 0 spiro atoms. The molecule has 4 rings (SSSR count). The molecular formula is C26H21F3N4O3. The van der Waals surface area contributed by atoms with Gasteiger partial charge in [-0.3, -0.25) is 14.2 Å². The van der Waals surface area contributed by atoms with Crippen LogP contribution in [0.25, 0.3) is 5.69 Å². The standard InChI is InChI=1S/C26H21F3N4O3/c1-17-7-9-19(10-8-17)16-32-24(35)22(23(34)30-15-18-5-3-2-4-6-18)31-33(25(32)36)21-13-11-20(12-14-21)26(27,28)29/h2-14H,15-16H2,1H3,(H,30,34). The van der Waals surface area contributed by atoms with Crippen LogP contribution in [0, 0.1) is 6.92 Å². The Labute approximate surface area is 203 Å². The molecule has 184 valence electrons. The lowest BCUT2D eigenvalue weighted by atomic mass is 10.1. The summed E-state index contributed by atoms with van der Waals surface area (Å²) < 4.78 is 40.6. The van der Waals surface area contributed by atoms with E-state index in [-0.39, 0.29) is 18.8 Å². The number of amides is 1. The summed E-state index contributed by atoms with van der Waals surface area (Å²) >= 11 is 0. The molecule has 0 aliphatic heterocycles.